The molecule has 1 unspecified atom stereocenters. The highest BCUT2D eigenvalue weighted by molar-refractivity contribution is 14.0. The van der Waals surface area contributed by atoms with Gasteiger partial charge in [0.05, 0.1) is 18.3 Å². The summed E-state index contributed by atoms with van der Waals surface area (Å²) in [7, 11) is 1.63. The topological polar surface area (TPSA) is 79.8 Å². The summed E-state index contributed by atoms with van der Waals surface area (Å²) < 4.78 is 49.6. The summed E-state index contributed by atoms with van der Waals surface area (Å²) >= 11 is 0. The van der Waals surface area contributed by atoms with Gasteiger partial charge in [-0.2, -0.15) is 13.2 Å². The maximum absolute atomic E-state index is 12.9. The van der Waals surface area contributed by atoms with Gasteiger partial charge >= 0.3 is 6.18 Å². The molecule has 1 atom stereocenters. The predicted molar refractivity (Wildman–Crippen MR) is 112 cm³/mol. The Kier molecular flexibility index (Phi) is 11.5. The van der Waals surface area contributed by atoms with Crippen LogP contribution >= 0.6 is 24.0 Å². The van der Waals surface area contributed by atoms with Gasteiger partial charge in [-0.05, 0) is 25.0 Å². The molecule has 3 N–H and O–H groups in total. The van der Waals surface area contributed by atoms with Crippen LogP contribution in [-0.4, -0.2) is 63.6 Å². The maximum Gasteiger partial charge on any atom is 0.419 e. The van der Waals surface area contributed by atoms with Crippen LogP contribution in [0, 0.1) is 0 Å². The number of rotatable bonds is 9. The standard InChI is InChI=1S/C17H26F3N5O2.HI/c1-21-16(24-7-3-10-27-13-5-11-26-12-13)25-9-8-23-15-14(17(18,19)20)4-2-6-22-15;/h2,4,6,13H,3,5,7-12H2,1H3,(H,22,23)(H2,21,24,25);1H. The van der Waals surface area contributed by atoms with Gasteiger partial charge in [-0.3, -0.25) is 4.99 Å². The lowest BCUT2D eigenvalue weighted by atomic mass is 10.2. The van der Waals surface area contributed by atoms with E-state index in [1.165, 1.54) is 12.3 Å². The number of hydrogen-bond acceptors (Lipinski definition) is 5. The molecule has 1 aliphatic rings. The first-order valence-corrected chi connectivity index (χ1v) is 8.90. The summed E-state index contributed by atoms with van der Waals surface area (Å²) in [5.41, 5.74) is -0.778. The van der Waals surface area contributed by atoms with E-state index in [1.807, 2.05) is 0 Å². The van der Waals surface area contributed by atoms with E-state index in [0.29, 0.717) is 32.3 Å². The lowest BCUT2D eigenvalue weighted by Crippen LogP contribution is -2.40. The Balaban J connectivity index is 0.00000392. The first-order chi connectivity index (χ1) is 13.0. The Hall–Kier alpha value is -1.34. The minimum absolute atomic E-state index is 0. The molecule has 1 aromatic heterocycles. The molecule has 1 saturated heterocycles. The number of pyridine rings is 1. The number of alkyl halides is 3. The number of nitrogens with one attached hydrogen (secondary N) is 3. The van der Waals surface area contributed by atoms with Gasteiger partial charge in [-0.25, -0.2) is 4.98 Å². The van der Waals surface area contributed by atoms with Crippen molar-refractivity contribution in [1.82, 2.24) is 15.6 Å². The molecule has 0 amide bonds. The second-order valence-electron chi connectivity index (χ2n) is 5.96. The third-order valence-corrected chi connectivity index (χ3v) is 3.90. The zero-order valence-corrected chi connectivity index (χ0v) is 18.0. The molecule has 0 aromatic carbocycles. The summed E-state index contributed by atoms with van der Waals surface area (Å²) in [5.74, 6) is 0.404. The quantitative estimate of drug-likeness (QED) is 0.202. The smallest absolute Gasteiger partial charge is 0.379 e. The summed E-state index contributed by atoms with van der Waals surface area (Å²) in [6.45, 7) is 3.40. The molecule has 1 fully saturated rings. The molecule has 160 valence electrons. The predicted octanol–water partition coefficient (Wildman–Crippen LogP) is 2.49. The van der Waals surface area contributed by atoms with E-state index in [4.69, 9.17) is 9.47 Å². The molecule has 7 nitrogen and oxygen atoms in total. The Morgan fingerprint density at radius 2 is 2.11 bits per heavy atom. The summed E-state index contributed by atoms with van der Waals surface area (Å²) in [5, 5.41) is 8.87. The lowest BCUT2D eigenvalue weighted by Gasteiger charge is -2.15. The minimum atomic E-state index is -4.44. The highest BCUT2D eigenvalue weighted by Crippen LogP contribution is 2.33. The molecule has 0 radical (unpaired) electrons. The highest BCUT2D eigenvalue weighted by atomic mass is 127. The van der Waals surface area contributed by atoms with Crippen molar-refractivity contribution in [3.05, 3.63) is 23.9 Å². The van der Waals surface area contributed by atoms with Gasteiger partial charge in [0.25, 0.3) is 0 Å². The van der Waals surface area contributed by atoms with Crippen LogP contribution in [0.15, 0.2) is 23.3 Å². The van der Waals surface area contributed by atoms with Gasteiger partial charge in [-0.1, -0.05) is 0 Å². The van der Waals surface area contributed by atoms with Gasteiger partial charge in [0, 0.05) is 46.1 Å². The van der Waals surface area contributed by atoms with Crippen molar-refractivity contribution in [2.75, 3.05) is 51.8 Å². The second kappa shape index (κ2) is 13.0. The molecule has 0 bridgehead atoms. The molecule has 1 aliphatic heterocycles. The van der Waals surface area contributed by atoms with Gasteiger partial charge < -0.3 is 25.4 Å². The van der Waals surface area contributed by atoms with Crippen LogP contribution in [0.4, 0.5) is 19.0 Å². The number of aromatic nitrogens is 1. The zero-order valence-electron chi connectivity index (χ0n) is 15.7. The van der Waals surface area contributed by atoms with Gasteiger partial charge in [-0.15, -0.1) is 24.0 Å². The third-order valence-electron chi connectivity index (χ3n) is 3.90. The molecule has 0 spiro atoms. The first-order valence-electron chi connectivity index (χ1n) is 8.90. The summed E-state index contributed by atoms with van der Waals surface area (Å²) in [6.07, 6.45) is -1.16. The van der Waals surface area contributed by atoms with Crippen LogP contribution < -0.4 is 16.0 Å². The van der Waals surface area contributed by atoms with E-state index >= 15 is 0 Å². The van der Waals surface area contributed by atoms with Crippen molar-refractivity contribution in [2.45, 2.75) is 25.1 Å². The van der Waals surface area contributed by atoms with Crippen molar-refractivity contribution in [3.8, 4) is 0 Å². The molecule has 2 rings (SSSR count). The van der Waals surface area contributed by atoms with Crippen LogP contribution in [0.2, 0.25) is 0 Å². The van der Waals surface area contributed by atoms with Gasteiger partial charge in [0.2, 0.25) is 0 Å². The van der Waals surface area contributed by atoms with Crippen LogP contribution in [0.3, 0.4) is 0 Å². The largest absolute Gasteiger partial charge is 0.419 e. The average molecular weight is 517 g/mol. The van der Waals surface area contributed by atoms with E-state index in [2.05, 4.69) is 25.9 Å². The fourth-order valence-corrected chi connectivity index (χ4v) is 2.53. The fourth-order valence-electron chi connectivity index (χ4n) is 2.53. The molecule has 2 heterocycles. The maximum atomic E-state index is 12.9. The van der Waals surface area contributed by atoms with E-state index in [9.17, 15) is 13.2 Å². The SMILES string of the molecule is CN=C(NCCCOC1CCOC1)NCCNc1ncccc1C(F)(F)F.I. The second-order valence-corrected chi connectivity index (χ2v) is 5.96. The number of aliphatic imine (C=N–C) groups is 1. The molecular formula is C17H27F3IN5O2. The molecule has 1 aromatic rings. The molecule has 0 saturated carbocycles. The normalized spacial score (nSPS) is 17.1. The Labute approximate surface area is 179 Å². The van der Waals surface area contributed by atoms with Crippen molar-refractivity contribution >= 4 is 35.8 Å². The van der Waals surface area contributed by atoms with Crippen molar-refractivity contribution in [2.24, 2.45) is 4.99 Å². The number of hydrogen-bond donors (Lipinski definition) is 3. The third kappa shape index (κ3) is 8.78. The summed E-state index contributed by atoms with van der Waals surface area (Å²) in [6, 6.07) is 2.27. The fraction of sp³-hybridized carbons (Fsp3) is 0.647. The van der Waals surface area contributed by atoms with Gasteiger partial charge in [0.1, 0.15) is 5.82 Å². The van der Waals surface area contributed by atoms with Crippen LogP contribution in [0.5, 0.6) is 0 Å². The Bertz CT molecular complexity index is 598. The number of ether oxygens (including phenoxy) is 2. The first kappa shape index (κ1) is 24.7. The Morgan fingerprint density at radius 3 is 2.79 bits per heavy atom. The van der Waals surface area contributed by atoms with Crippen molar-refractivity contribution < 1.29 is 22.6 Å². The lowest BCUT2D eigenvalue weighted by molar-refractivity contribution is -0.137. The Morgan fingerprint density at radius 1 is 1.32 bits per heavy atom. The number of halogens is 4. The van der Waals surface area contributed by atoms with Crippen LogP contribution in [0.1, 0.15) is 18.4 Å². The van der Waals surface area contributed by atoms with Crippen molar-refractivity contribution in [3.63, 3.8) is 0 Å². The van der Waals surface area contributed by atoms with E-state index in [-0.39, 0.29) is 42.4 Å². The molecule has 28 heavy (non-hydrogen) atoms. The number of anilines is 1. The van der Waals surface area contributed by atoms with Gasteiger partial charge in [0.15, 0.2) is 5.96 Å². The van der Waals surface area contributed by atoms with E-state index in [0.717, 1.165) is 25.5 Å². The zero-order chi connectivity index (χ0) is 19.5. The van der Waals surface area contributed by atoms with E-state index in [1.54, 1.807) is 7.05 Å². The van der Waals surface area contributed by atoms with Crippen molar-refractivity contribution in [1.29, 1.82) is 0 Å². The van der Waals surface area contributed by atoms with E-state index < -0.39 is 11.7 Å². The molecular weight excluding hydrogens is 490 g/mol. The van der Waals surface area contributed by atoms with Crippen LogP contribution in [0.25, 0.3) is 0 Å². The molecule has 0 aliphatic carbocycles. The number of nitrogens with zero attached hydrogens (tertiary/aromatic N) is 2. The number of guanidine groups is 1. The monoisotopic (exact) mass is 517 g/mol. The minimum Gasteiger partial charge on any atom is -0.379 e. The highest BCUT2D eigenvalue weighted by Gasteiger charge is 2.33. The molecule has 11 heteroatoms. The summed E-state index contributed by atoms with van der Waals surface area (Å²) in [4.78, 5) is 7.83. The van der Waals surface area contributed by atoms with Crippen LogP contribution in [-0.2, 0) is 15.7 Å². The average Bonchev–Trinajstić information content (AvgIpc) is 3.16.